The number of benzene rings is 3. The summed E-state index contributed by atoms with van der Waals surface area (Å²) in [5.41, 5.74) is 7.14. The summed E-state index contributed by atoms with van der Waals surface area (Å²) in [4.78, 5) is 9.96. The molecule has 0 aliphatic heterocycles. The van der Waals surface area contributed by atoms with Gasteiger partial charge in [-0.25, -0.2) is 9.97 Å². The lowest BCUT2D eigenvalue weighted by Crippen LogP contribution is -2.03. The van der Waals surface area contributed by atoms with Gasteiger partial charge in [0.1, 0.15) is 5.52 Å². The summed E-state index contributed by atoms with van der Waals surface area (Å²) >= 11 is 0. The van der Waals surface area contributed by atoms with Gasteiger partial charge in [-0.05, 0) is 48.7 Å². The Morgan fingerprint density at radius 1 is 0.903 bits per heavy atom. The Kier molecular flexibility index (Phi) is 4.94. The third-order valence-electron chi connectivity index (χ3n) is 5.60. The first-order chi connectivity index (χ1) is 15.2. The van der Waals surface area contributed by atoms with Gasteiger partial charge in [-0.15, -0.1) is 0 Å². The summed E-state index contributed by atoms with van der Waals surface area (Å²) in [7, 11) is 1.68. The van der Waals surface area contributed by atoms with Crippen molar-refractivity contribution < 1.29 is 9.47 Å². The molecular weight excluding hydrogens is 386 g/mol. The highest BCUT2D eigenvalue weighted by Gasteiger charge is 2.17. The molecule has 0 amide bonds. The highest BCUT2D eigenvalue weighted by Crippen LogP contribution is 2.33. The zero-order chi connectivity index (χ0) is 21.4. The number of aromatic nitrogens is 3. The van der Waals surface area contributed by atoms with E-state index < -0.39 is 0 Å². The molecule has 0 aliphatic rings. The maximum atomic E-state index is 5.82. The fraction of sp³-hybridized carbons (Fsp3) is 0.231. The van der Waals surface area contributed by atoms with Crippen molar-refractivity contribution in [2.24, 2.45) is 0 Å². The molecule has 5 rings (SSSR count). The summed E-state index contributed by atoms with van der Waals surface area (Å²) in [6.07, 6.45) is 0.957. The van der Waals surface area contributed by atoms with E-state index in [0.29, 0.717) is 13.2 Å². The van der Waals surface area contributed by atoms with Crippen molar-refractivity contribution in [3.63, 3.8) is 0 Å². The number of rotatable bonds is 6. The molecule has 0 fully saturated rings. The van der Waals surface area contributed by atoms with E-state index in [0.717, 1.165) is 56.6 Å². The van der Waals surface area contributed by atoms with Crippen molar-refractivity contribution in [2.45, 2.75) is 26.8 Å². The second kappa shape index (κ2) is 7.91. The SMILES string of the molecule is CCCOc1ccc(Cn2c3nc4ccccc4nc3c3cccc(C)c32)cc1OC. The minimum Gasteiger partial charge on any atom is -0.493 e. The number of hydrogen-bond donors (Lipinski definition) is 0. The second-order valence-corrected chi connectivity index (χ2v) is 7.78. The highest BCUT2D eigenvalue weighted by atomic mass is 16.5. The van der Waals surface area contributed by atoms with E-state index >= 15 is 0 Å². The van der Waals surface area contributed by atoms with E-state index in [1.165, 1.54) is 5.56 Å². The van der Waals surface area contributed by atoms with E-state index in [2.05, 4.69) is 48.7 Å². The molecule has 0 saturated heterocycles. The number of nitrogens with zero attached hydrogens (tertiary/aromatic N) is 3. The van der Waals surface area contributed by atoms with Crippen LogP contribution in [0.2, 0.25) is 0 Å². The Morgan fingerprint density at radius 3 is 2.48 bits per heavy atom. The van der Waals surface area contributed by atoms with Gasteiger partial charge in [-0.2, -0.15) is 0 Å². The number of ether oxygens (including phenoxy) is 2. The molecule has 3 aromatic carbocycles. The Bertz CT molecular complexity index is 1400. The van der Waals surface area contributed by atoms with Gasteiger partial charge in [0.25, 0.3) is 0 Å². The topological polar surface area (TPSA) is 49.2 Å². The number of aryl methyl sites for hydroxylation is 1. The maximum Gasteiger partial charge on any atom is 0.161 e. The third-order valence-corrected chi connectivity index (χ3v) is 5.60. The Labute approximate surface area is 181 Å². The van der Waals surface area contributed by atoms with Crippen LogP contribution in [0.25, 0.3) is 33.1 Å². The molecule has 2 aromatic heterocycles. The lowest BCUT2D eigenvalue weighted by molar-refractivity contribution is 0.294. The lowest BCUT2D eigenvalue weighted by Gasteiger charge is -2.13. The molecule has 156 valence electrons. The molecular formula is C26H25N3O2. The van der Waals surface area contributed by atoms with Gasteiger partial charge in [0.2, 0.25) is 0 Å². The number of fused-ring (bicyclic) bond motifs is 4. The molecule has 5 aromatic rings. The van der Waals surface area contributed by atoms with Crippen LogP contribution in [-0.2, 0) is 6.54 Å². The number of para-hydroxylation sites is 3. The van der Waals surface area contributed by atoms with Gasteiger partial charge in [-0.1, -0.05) is 43.3 Å². The van der Waals surface area contributed by atoms with E-state index in [1.807, 2.05) is 30.3 Å². The van der Waals surface area contributed by atoms with Crippen LogP contribution in [0.3, 0.4) is 0 Å². The summed E-state index contributed by atoms with van der Waals surface area (Å²) < 4.78 is 13.7. The largest absolute Gasteiger partial charge is 0.493 e. The van der Waals surface area contributed by atoms with Crippen molar-refractivity contribution in [3.8, 4) is 11.5 Å². The monoisotopic (exact) mass is 411 g/mol. The van der Waals surface area contributed by atoms with Gasteiger partial charge >= 0.3 is 0 Å². The van der Waals surface area contributed by atoms with Gasteiger partial charge < -0.3 is 14.0 Å². The molecule has 5 heteroatoms. The number of hydrogen-bond acceptors (Lipinski definition) is 4. The van der Waals surface area contributed by atoms with E-state index in [4.69, 9.17) is 19.4 Å². The highest BCUT2D eigenvalue weighted by molar-refractivity contribution is 6.07. The third kappa shape index (κ3) is 3.36. The van der Waals surface area contributed by atoms with E-state index in [9.17, 15) is 0 Å². The van der Waals surface area contributed by atoms with E-state index in [-0.39, 0.29) is 0 Å². The predicted molar refractivity (Wildman–Crippen MR) is 125 cm³/mol. The zero-order valence-corrected chi connectivity index (χ0v) is 18.1. The van der Waals surface area contributed by atoms with Crippen LogP contribution in [0.4, 0.5) is 0 Å². The quantitative estimate of drug-likeness (QED) is 0.349. The molecule has 0 unspecified atom stereocenters. The summed E-state index contributed by atoms with van der Waals surface area (Å²) in [6, 6.07) is 20.5. The Hall–Kier alpha value is -3.60. The van der Waals surface area contributed by atoms with Crippen LogP contribution in [0, 0.1) is 6.92 Å². The van der Waals surface area contributed by atoms with Crippen LogP contribution in [0.15, 0.2) is 60.7 Å². The standard InChI is InChI=1S/C26H25N3O2/c1-4-14-31-22-13-12-18(15-23(22)30-3)16-29-25-17(2)8-7-9-19(25)24-26(29)28-21-11-6-5-10-20(21)27-24/h5-13,15H,4,14,16H2,1-3H3. The van der Waals surface area contributed by atoms with Crippen LogP contribution in [-0.4, -0.2) is 28.3 Å². The van der Waals surface area contributed by atoms with Crippen molar-refractivity contribution >= 4 is 33.1 Å². The molecule has 0 N–H and O–H groups in total. The van der Waals surface area contributed by atoms with Gasteiger partial charge in [0.15, 0.2) is 17.1 Å². The van der Waals surface area contributed by atoms with Gasteiger partial charge in [0.05, 0.1) is 30.3 Å². The first kappa shape index (κ1) is 19.4. The predicted octanol–water partition coefficient (Wildman–Crippen LogP) is 5.89. The molecule has 5 nitrogen and oxygen atoms in total. The minimum atomic E-state index is 0.669. The normalized spacial score (nSPS) is 11.5. The van der Waals surface area contributed by atoms with Gasteiger partial charge in [0, 0.05) is 11.9 Å². The fourth-order valence-corrected chi connectivity index (χ4v) is 4.15. The zero-order valence-electron chi connectivity index (χ0n) is 18.1. The van der Waals surface area contributed by atoms with E-state index in [1.54, 1.807) is 7.11 Å². The van der Waals surface area contributed by atoms with Crippen molar-refractivity contribution in [2.75, 3.05) is 13.7 Å². The lowest BCUT2D eigenvalue weighted by atomic mass is 10.1. The smallest absolute Gasteiger partial charge is 0.161 e. The Morgan fingerprint density at radius 2 is 1.71 bits per heavy atom. The summed E-state index contributed by atoms with van der Waals surface area (Å²) in [6.45, 7) is 5.57. The molecule has 0 spiro atoms. The van der Waals surface area contributed by atoms with Crippen molar-refractivity contribution in [3.05, 3.63) is 71.8 Å². The summed E-state index contributed by atoms with van der Waals surface area (Å²) in [5.74, 6) is 1.53. The van der Waals surface area contributed by atoms with Crippen molar-refractivity contribution in [1.29, 1.82) is 0 Å². The summed E-state index contributed by atoms with van der Waals surface area (Å²) in [5, 5.41) is 1.13. The first-order valence-corrected chi connectivity index (χ1v) is 10.6. The molecule has 0 bridgehead atoms. The average molecular weight is 412 g/mol. The first-order valence-electron chi connectivity index (χ1n) is 10.6. The molecule has 2 heterocycles. The molecule has 0 atom stereocenters. The molecule has 31 heavy (non-hydrogen) atoms. The average Bonchev–Trinajstić information content (AvgIpc) is 3.10. The van der Waals surface area contributed by atoms with Crippen molar-refractivity contribution in [1.82, 2.24) is 14.5 Å². The minimum absolute atomic E-state index is 0.669. The van der Waals surface area contributed by atoms with Gasteiger partial charge in [-0.3, -0.25) is 0 Å². The maximum absolute atomic E-state index is 5.82. The second-order valence-electron chi connectivity index (χ2n) is 7.78. The fourth-order valence-electron chi connectivity index (χ4n) is 4.15. The van der Waals surface area contributed by atoms with Crippen LogP contribution >= 0.6 is 0 Å². The van der Waals surface area contributed by atoms with Crippen LogP contribution < -0.4 is 9.47 Å². The number of methoxy groups -OCH3 is 1. The van der Waals surface area contributed by atoms with Crippen LogP contribution in [0.1, 0.15) is 24.5 Å². The molecule has 0 aliphatic carbocycles. The molecule has 0 saturated carbocycles. The molecule has 0 radical (unpaired) electrons. The Balaban J connectivity index is 1.69. The van der Waals surface area contributed by atoms with Crippen LogP contribution in [0.5, 0.6) is 11.5 Å².